The van der Waals surface area contributed by atoms with Crippen LogP contribution < -0.4 is 5.32 Å². The molecule has 5 nitrogen and oxygen atoms in total. The summed E-state index contributed by atoms with van der Waals surface area (Å²) >= 11 is 0. The summed E-state index contributed by atoms with van der Waals surface area (Å²) in [6, 6.07) is 17.5. The first-order chi connectivity index (χ1) is 12.6. The number of piperazine rings is 1. The van der Waals surface area contributed by atoms with E-state index in [1.807, 2.05) is 47.4 Å². The third-order valence-corrected chi connectivity index (χ3v) is 4.81. The van der Waals surface area contributed by atoms with Crippen LogP contribution in [0.4, 0.5) is 10.5 Å². The van der Waals surface area contributed by atoms with E-state index in [1.165, 1.54) is 11.1 Å². The molecule has 1 aliphatic heterocycles. The van der Waals surface area contributed by atoms with Gasteiger partial charge in [-0.1, -0.05) is 42.5 Å². The van der Waals surface area contributed by atoms with Crippen molar-refractivity contribution >= 4 is 17.6 Å². The van der Waals surface area contributed by atoms with Crippen molar-refractivity contribution in [3.63, 3.8) is 0 Å². The molecule has 5 heteroatoms. The minimum absolute atomic E-state index is 0.108. The number of hydrogen-bond donors (Lipinski definition) is 1. The summed E-state index contributed by atoms with van der Waals surface area (Å²) in [7, 11) is 0. The van der Waals surface area contributed by atoms with Gasteiger partial charge < -0.3 is 15.1 Å². The molecule has 0 radical (unpaired) electrons. The fourth-order valence-electron chi connectivity index (χ4n) is 3.17. The topological polar surface area (TPSA) is 52.7 Å². The van der Waals surface area contributed by atoms with Crippen LogP contribution in [0.25, 0.3) is 0 Å². The zero-order valence-electron chi connectivity index (χ0n) is 15.1. The standard InChI is InChI=1S/C21H25N3O2/c1-17-7-5-6-8-18(17)11-12-20(25)23-13-15-24(16-14-23)21(26)22-19-9-3-2-4-10-19/h2-10H,11-16H2,1H3,(H,22,26). The molecule has 0 unspecified atom stereocenters. The molecule has 26 heavy (non-hydrogen) atoms. The summed E-state index contributed by atoms with van der Waals surface area (Å²) in [5, 5.41) is 2.89. The smallest absolute Gasteiger partial charge is 0.321 e. The number of nitrogens with zero attached hydrogens (tertiary/aromatic N) is 2. The largest absolute Gasteiger partial charge is 0.339 e. The number of para-hydroxylation sites is 1. The summed E-state index contributed by atoms with van der Waals surface area (Å²) < 4.78 is 0. The van der Waals surface area contributed by atoms with Gasteiger partial charge in [0, 0.05) is 38.3 Å². The average molecular weight is 351 g/mol. The highest BCUT2D eigenvalue weighted by Gasteiger charge is 2.24. The number of rotatable bonds is 4. The van der Waals surface area contributed by atoms with Crippen molar-refractivity contribution in [3.8, 4) is 0 Å². The van der Waals surface area contributed by atoms with Gasteiger partial charge in [0.05, 0.1) is 0 Å². The minimum atomic E-state index is -0.108. The number of urea groups is 1. The molecule has 0 saturated carbocycles. The molecule has 0 aliphatic carbocycles. The molecule has 136 valence electrons. The fourth-order valence-corrected chi connectivity index (χ4v) is 3.17. The van der Waals surface area contributed by atoms with E-state index in [4.69, 9.17) is 0 Å². The Bertz CT molecular complexity index is 753. The maximum atomic E-state index is 12.5. The molecule has 0 spiro atoms. The van der Waals surface area contributed by atoms with E-state index < -0.39 is 0 Å². The van der Waals surface area contributed by atoms with E-state index >= 15 is 0 Å². The highest BCUT2D eigenvalue weighted by Crippen LogP contribution is 2.13. The first-order valence-electron chi connectivity index (χ1n) is 9.07. The second-order valence-electron chi connectivity index (χ2n) is 6.59. The number of carbonyl (C=O) groups excluding carboxylic acids is 2. The number of aryl methyl sites for hydroxylation is 2. The van der Waals surface area contributed by atoms with Crippen molar-refractivity contribution < 1.29 is 9.59 Å². The molecule has 1 saturated heterocycles. The SMILES string of the molecule is Cc1ccccc1CCC(=O)N1CCN(C(=O)Nc2ccccc2)CC1. The highest BCUT2D eigenvalue weighted by atomic mass is 16.2. The lowest BCUT2D eigenvalue weighted by Crippen LogP contribution is -2.51. The van der Waals surface area contributed by atoms with Crippen molar-refractivity contribution in [2.45, 2.75) is 19.8 Å². The summed E-state index contributed by atoms with van der Waals surface area (Å²) in [5.41, 5.74) is 3.23. The van der Waals surface area contributed by atoms with Crippen LogP contribution in [-0.2, 0) is 11.2 Å². The molecular formula is C21H25N3O2. The third-order valence-electron chi connectivity index (χ3n) is 4.81. The second kappa shape index (κ2) is 8.52. The van der Waals surface area contributed by atoms with Crippen LogP contribution >= 0.6 is 0 Å². The fraction of sp³-hybridized carbons (Fsp3) is 0.333. The number of amides is 3. The van der Waals surface area contributed by atoms with Gasteiger partial charge in [-0.2, -0.15) is 0 Å². The summed E-state index contributed by atoms with van der Waals surface area (Å²) in [4.78, 5) is 28.4. The van der Waals surface area contributed by atoms with Crippen LogP contribution in [0.2, 0.25) is 0 Å². The predicted molar refractivity (Wildman–Crippen MR) is 103 cm³/mol. The van der Waals surface area contributed by atoms with E-state index in [-0.39, 0.29) is 11.9 Å². The molecule has 0 atom stereocenters. The maximum Gasteiger partial charge on any atom is 0.321 e. The average Bonchev–Trinajstić information content (AvgIpc) is 2.68. The molecule has 1 heterocycles. The number of nitrogens with one attached hydrogen (secondary N) is 1. The molecule has 1 aliphatic rings. The maximum absolute atomic E-state index is 12.5. The van der Waals surface area contributed by atoms with Crippen LogP contribution in [0.5, 0.6) is 0 Å². The Morgan fingerprint density at radius 2 is 1.50 bits per heavy atom. The molecule has 0 bridgehead atoms. The Balaban J connectivity index is 1.45. The van der Waals surface area contributed by atoms with Crippen LogP contribution in [0, 0.1) is 6.92 Å². The van der Waals surface area contributed by atoms with E-state index in [2.05, 4.69) is 24.4 Å². The highest BCUT2D eigenvalue weighted by molar-refractivity contribution is 5.89. The predicted octanol–water partition coefficient (Wildman–Crippen LogP) is 3.30. The van der Waals surface area contributed by atoms with Gasteiger partial charge in [0.25, 0.3) is 0 Å². The molecule has 2 aromatic carbocycles. The van der Waals surface area contributed by atoms with Gasteiger partial charge in [-0.05, 0) is 36.6 Å². The lowest BCUT2D eigenvalue weighted by Gasteiger charge is -2.34. The quantitative estimate of drug-likeness (QED) is 0.919. The third kappa shape index (κ3) is 4.63. The Morgan fingerprint density at radius 1 is 0.885 bits per heavy atom. The van der Waals surface area contributed by atoms with Crippen molar-refractivity contribution in [2.75, 3.05) is 31.5 Å². The van der Waals surface area contributed by atoms with Crippen LogP contribution in [0.1, 0.15) is 17.5 Å². The van der Waals surface area contributed by atoms with Crippen molar-refractivity contribution in [1.29, 1.82) is 0 Å². The van der Waals surface area contributed by atoms with Crippen LogP contribution in [-0.4, -0.2) is 47.9 Å². The first-order valence-corrected chi connectivity index (χ1v) is 9.07. The number of hydrogen-bond acceptors (Lipinski definition) is 2. The number of carbonyl (C=O) groups is 2. The zero-order chi connectivity index (χ0) is 18.4. The zero-order valence-corrected chi connectivity index (χ0v) is 15.1. The van der Waals surface area contributed by atoms with Crippen molar-refractivity contribution in [1.82, 2.24) is 9.80 Å². The normalized spacial score (nSPS) is 14.2. The molecule has 3 rings (SSSR count). The summed E-state index contributed by atoms with van der Waals surface area (Å²) in [6.45, 7) is 4.39. The molecular weight excluding hydrogens is 326 g/mol. The lowest BCUT2D eigenvalue weighted by atomic mass is 10.0. The van der Waals surface area contributed by atoms with E-state index in [0.29, 0.717) is 32.6 Å². The molecule has 3 amide bonds. The van der Waals surface area contributed by atoms with Gasteiger partial charge >= 0.3 is 6.03 Å². The second-order valence-corrected chi connectivity index (χ2v) is 6.59. The van der Waals surface area contributed by atoms with Crippen molar-refractivity contribution in [3.05, 3.63) is 65.7 Å². The van der Waals surface area contributed by atoms with E-state index in [1.54, 1.807) is 4.90 Å². The molecule has 0 aromatic heterocycles. The Labute approximate surface area is 154 Å². The first kappa shape index (κ1) is 18.0. The summed E-state index contributed by atoms with van der Waals surface area (Å²) in [6.07, 6.45) is 1.28. The monoisotopic (exact) mass is 351 g/mol. The van der Waals surface area contributed by atoms with Crippen molar-refractivity contribution in [2.24, 2.45) is 0 Å². The Morgan fingerprint density at radius 3 is 2.19 bits per heavy atom. The molecule has 2 aromatic rings. The molecule has 1 fully saturated rings. The van der Waals surface area contributed by atoms with Crippen LogP contribution in [0.15, 0.2) is 54.6 Å². The minimum Gasteiger partial charge on any atom is -0.339 e. The Kier molecular flexibility index (Phi) is 5.89. The van der Waals surface area contributed by atoms with E-state index in [9.17, 15) is 9.59 Å². The van der Waals surface area contributed by atoms with Gasteiger partial charge in [-0.25, -0.2) is 4.79 Å². The van der Waals surface area contributed by atoms with Gasteiger partial charge in [-0.15, -0.1) is 0 Å². The van der Waals surface area contributed by atoms with Gasteiger partial charge in [0.2, 0.25) is 5.91 Å². The van der Waals surface area contributed by atoms with Gasteiger partial charge in [0.1, 0.15) is 0 Å². The number of benzene rings is 2. The van der Waals surface area contributed by atoms with Crippen LogP contribution in [0.3, 0.4) is 0 Å². The summed E-state index contributed by atoms with van der Waals surface area (Å²) in [5.74, 6) is 0.163. The lowest BCUT2D eigenvalue weighted by molar-refractivity contribution is -0.132. The Hall–Kier alpha value is -2.82. The number of anilines is 1. The van der Waals surface area contributed by atoms with Gasteiger partial charge in [-0.3, -0.25) is 4.79 Å². The van der Waals surface area contributed by atoms with E-state index in [0.717, 1.165) is 12.1 Å². The molecule has 1 N–H and O–H groups in total. The van der Waals surface area contributed by atoms with Gasteiger partial charge in [0.15, 0.2) is 0 Å².